The Balaban J connectivity index is 0. The molecule has 1 aromatic rings. The summed E-state index contributed by atoms with van der Waals surface area (Å²) in [6.07, 6.45) is 0. The predicted molar refractivity (Wildman–Crippen MR) is 44.3 cm³/mol. The summed E-state index contributed by atoms with van der Waals surface area (Å²) in [5, 5.41) is 22.8. The molecular formula is C10H12K2O2. The van der Waals surface area contributed by atoms with Crippen LogP contribution in [0.1, 0.15) is 22.3 Å². The summed E-state index contributed by atoms with van der Waals surface area (Å²) in [5.41, 5.74) is 2.34. The van der Waals surface area contributed by atoms with E-state index in [1.165, 1.54) is 0 Å². The minimum Gasteiger partial charge on any atom is -0.872 e. The maximum absolute atomic E-state index is 11.4. The van der Waals surface area contributed by atoms with Crippen LogP contribution in [0.2, 0.25) is 0 Å². The van der Waals surface area contributed by atoms with Crippen molar-refractivity contribution in [3.05, 3.63) is 22.3 Å². The van der Waals surface area contributed by atoms with Gasteiger partial charge in [0.25, 0.3) is 0 Å². The van der Waals surface area contributed by atoms with Crippen LogP contribution in [0.4, 0.5) is 0 Å². The van der Waals surface area contributed by atoms with Gasteiger partial charge >= 0.3 is 103 Å². The Morgan fingerprint density at radius 1 is 0.571 bits per heavy atom. The van der Waals surface area contributed by atoms with E-state index in [-0.39, 0.29) is 114 Å². The molecule has 0 aliphatic rings. The Hall–Kier alpha value is 2.09. The average Bonchev–Trinajstić information content (AvgIpc) is 2.08. The van der Waals surface area contributed by atoms with Crippen LogP contribution >= 0.6 is 0 Å². The molecular weight excluding hydrogens is 230 g/mol. The van der Waals surface area contributed by atoms with Gasteiger partial charge in [-0.1, -0.05) is 22.3 Å². The quantitative estimate of drug-likeness (QED) is 0.428. The second kappa shape index (κ2) is 7.42. The smallest absolute Gasteiger partial charge is 0.872 e. The Bertz CT molecular complexity index is 230. The summed E-state index contributed by atoms with van der Waals surface area (Å²) in [5.74, 6) is 0.00852. The summed E-state index contributed by atoms with van der Waals surface area (Å²) in [7, 11) is 0. The molecule has 14 heavy (non-hydrogen) atoms. The van der Waals surface area contributed by atoms with Gasteiger partial charge in [-0.15, -0.1) is 11.5 Å². The van der Waals surface area contributed by atoms with Crippen molar-refractivity contribution in [1.29, 1.82) is 0 Å². The molecule has 0 amide bonds. The van der Waals surface area contributed by atoms with Crippen molar-refractivity contribution in [2.45, 2.75) is 27.7 Å². The van der Waals surface area contributed by atoms with Crippen LogP contribution in [0, 0.1) is 27.7 Å². The Morgan fingerprint density at radius 3 is 0.857 bits per heavy atom. The topological polar surface area (TPSA) is 46.1 Å². The van der Waals surface area contributed by atoms with E-state index in [4.69, 9.17) is 0 Å². The second-order valence-electron chi connectivity index (χ2n) is 3.16. The molecule has 0 bridgehead atoms. The third-order valence-electron chi connectivity index (χ3n) is 2.49. The molecule has 0 saturated heterocycles. The maximum atomic E-state index is 11.4. The predicted octanol–water partition coefficient (Wildman–Crippen LogP) is -4.92. The van der Waals surface area contributed by atoms with Gasteiger partial charge in [-0.05, 0) is 27.7 Å². The fourth-order valence-corrected chi connectivity index (χ4v) is 1.24. The molecule has 0 aromatic heterocycles. The van der Waals surface area contributed by atoms with Crippen LogP contribution in [-0.4, -0.2) is 0 Å². The number of hydrogen-bond acceptors (Lipinski definition) is 2. The number of rotatable bonds is 0. The van der Waals surface area contributed by atoms with Gasteiger partial charge in [0.05, 0.1) is 0 Å². The van der Waals surface area contributed by atoms with Gasteiger partial charge in [-0.2, -0.15) is 0 Å². The van der Waals surface area contributed by atoms with Crippen molar-refractivity contribution in [1.82, 2.24) is 0 Å². The molecule has 0 aliphatic carbocycles. The zero-order chi connectivity index (χ0) is 9.46. The normalized spacial score (nSPS) is 8.86. The van der Waals surface area contributed by atoms with E-state index >= 15 is 0 Å². The largest absolute Gasteiger partial charge is 1.00 e. The first-order valence-corrected chi connectivity index (χ1v) is 3.91. The Kier molecular flexibility index (Phi) is 9.79. The van der Waals surface area contributed by atoms with Gasteiger partial charge in [0.15, 0.2) is 0 Å². The van der Waals surface area contributed by atoms with Crippen LogP contribution in [0.3, 0.4) is 0 Å². The third-order valence-corrected chi connectivity index (χ3v) is 2.49. The van der Waals surface area contributed by atoms with Gasteiger partial charge in [-0.25, -0.2) is 0 Å². The standard InChI is InChI=1S/C10H14O2.2K/c1-5-6(2)10(12)8(4)7(3)9(5)11;;/h11-12H,1-4H3;;/q;2*+1/p-2. The minimum absolute atomic E-state index is 0. The Labute approximate surface area is 170 Å². The van der Waals surface area contributed by atoms with E-state index in [0.717, 1.165) is 0 Å². The first kappa shape index (κ1) is 18.5. The van der Waals surface area contributed by atoms with Crippen molar-refractivity contribution >= 4 is 0 Å². The van der Waals surface area contributed by atoms with E-state index < -0.39 is 0 Å². The molecule has 0 unspecified atom stereocenters. The molecule has 66 valence electrons. The zero-order valence-electron chi connectivity index (χ0n) is 9.82. The fraction of sp³-hybridized carbons (Fsp3) is 0.400. The van der Waals surface area contributed by atoms with E-state index in [9.17, 15) is 10.2 Å². The molecule has 0 heterocycles. The van der Waals surface area contributed by atoms with E-state index in [0.29, 0.717) is 22.3 Å². The van der Waals surface area contributed by atoms with Crippen molar-refractivity contribution in [3.8, 4) is 11.5 Å². The van der Waals surface area contributed by atoms with Crippen LogP contribution in [0.5, 0.6) is 11.5 Å². The average molecular weight is 242 g/mol. The van der Waals surface area contributed by atoms with Gasteiger partial charge < -0.3 is 10.2 Å². The molecule has 1 rings (SSSR count). The third kappa shape index (κ3) is 3.55. The Morgan fingerprint density at radius 2 is 0.714 bits per heavy atom. The van der Waals surface area contributed by atoms with Crippen molar-refractivity contribution in [2.24, 2.45) is 0 Å². The number of benzene rings is 1. The van der Waals surface area contributed by atoms with Gasteiger partial charge in [0.2, 0.25) is 0 Å². The minimum atomic E-state index is 0. The van der Waals surface area contributed by atoms with Crippen molar-refractivity contribution < 1.29 is 113 Å². The monoisotopic (exact) mass is 242 g/mol. The molecule has 0 N–H and O–H groups in total. The summed E-state index contributed by atoms with van der Waals surface area (Å²) in [6.45, 7) is 6.80. The molecule has 1 aromatic carbocycles. The molecule has 0 radical (unpaired) electrons. The second-order valence-corrected chi connectivity index (χ2v) is 3.16. The number of hydrogen-bond donors (Lipinski definition) is 0. The van der Waals surface area contributed by atoms with Gasteiger partial charge in [-0.3, -0.25) is 0 Å². The molecule has 0 fully saturated rings. The van der Waals surface area contributed by atoms with Crippen LogP contribution in [0.15, 0.2) is 0 Å². The summed E-state index contributed by atoms with van der Waals surface area (Å²) in [6, 6.07) is 0. The molecule has 2 nitrogen and oxygen atoms in total. The molecule has 0 spiro atoms. The SMILES string of the molecule is Cc1c(C)c([O-])c(C)c(C)c1[O-].[K+].[K+]. The molecule has 0 aliphatic heterocycles. The summed E-state index contributed by atoms with van der Waals surface area (Å²) in [4.78, 5) is 0. The first-order chi connectivity index (χ1) is 5.46. The van der Waals surface area contributed by atoms with Crippen LogP contribution in [-0.2, 0) is 0 Å². The summed E-state index contributed by atoms with van der Waals surface area (Å²) >= 11 is 0. The molecule has 0 atom stereocenters. The fourth-order valence-electron chi connectivity index (χ4n) is 1.24. The zero-order valence-corrected chi connectivity index (χ0v) is 16.1. The summed E-state index contributed by atoms with van der Waals surface area (Å²) < 4.78 is 0. The molecule has 0 saturated carbocycles. The first-order valence-electron chi connectivity index (χ1n) is 3.91. The van der Waals surface area contributed by atoms with Crippen molar-refractivity contribution in [2.75, 3.05) is 0 Å². The van der Waals surface area contributed by atoms with E-state index in [1.807, 2.05) is 0 Å². The maximum Gasteiger partial charge on any atom is 1.00 e. The van der Waals surface area contributed by atoms with Crippen molar-refractivity contribution in [3.63, 3.8) is 0 Å². The van der Waals surface area contributed by atoms with Crippen LogP contribution < -0.4 is 113 Å². The van der Waals surface area contributed by atoms with E-state index in [1.54, 1.807) is 27.7 Å². The van der Waals surface area contributed by atoms with Crippen LogP contribution in [0.25, 0.3) is 0 Å². The van der Waals surface area contributed by atoms with Gasteiger partial charge in [0, 0.05) is 0 Å². The van der Waals surface area contributed by atoms with Gasteiger partial charge in [0.1, 0.15) is 0 Å². The molecule has 4 heteroatoms. The van der Waals surface area contributed by atoms with E-state index in [2.05, 4.69) is 0 Å².